The van der Waals surface area contributed by atoms with Crippen molar-refractivity contribution in [2.45, 2.75) is 20.8 Å². The quantitative estimate of drug-likeness (QED) is 0.777. The molecule has 0 aromatic heterocycles. The number of piperazine rings is 1. The standard InChI is InChI=1S/C22H26N2O2/c1-22(2,3)21(26)24-15-13-23(14-16-24)20(25)12-11-18-9-6-8-17-7-4-5-10-19(17)18/h4-12H,13-16H2,1-3H3/b12-11+. The topological polar surface area (TPSA) is 40.6 Å². The van der Waals surface area contributed by atoms with Gasteiger partial charge >= 0.3 is 0 Å². The number of carbonyl (C=O) groups excluding carboxylic acids is 2. The van der Waals surface area contributed by atoms with Gasteiger partial charge in [-0.3, -0.25) is 9.59 Å². The third-order valence-electron chi connectivity index (χ3n) is 4.75. The van der Waals surface area contributed by atoms with E-state index in [9.17, 15) is 9.59 Å². The van der Waals surface area contributed by atoms with Crippen LogP contribution >= 0.6 is 0 Å². The molecule has 1 fully saturated rings. The lowest BCUT2D eigenvalue weighted by Gasteiger charge is -2.37. The molecular formula is C22H26N2O2. The van der Waals surface area contributed by atoms with Gasteiger partial charge < -0.3 is 9.80 Å². The Morgan fingerprint density at radius 2 is 1.50 bits per heavy atom. The van der Waals surface area contributed by atoms with Gasteiger partial charge in [-0.2, -0.15) is 0 Å². The van der Waals surface area contributed by atoms with E-state index in [-0.39, 0.29) is 17.2 Å². The molecule has 2 aromatic rings. The van der Waals surface area contributed by atoms with E-state index in [0.29, 0.717) is 26.2 Å². The van der Waals surface area contributed by atoms with Gasteiger partial charge in [-0.05, 0) is 22.4 Å². The molecule has 1 aliphatic heterocycles. The molecule has 136 valence electrons. The second-order valence-electron chi connectivity index (χ2n) is 7.77. The SMILES string of the molecule is CC(C)(C)C(=O)N1CCN(C(=O)/C=C/c2cccc3ccccc23)CC1. The molecular weight excluding hydrogens is 324 g/mol. The molecule has 1 heterocycles. The highest BCUT2D eigenvalue weighted by Crippen LogP contribution is 2.20. The maximum Gasteiger partial charge on any atom is 0.246 e. The van der Waals surface area contributed by atoms with Crippen molar-refractivity contribution < 1.29 is 9.59 Å². The number of amides is 2. The van der Waals surface area contributed by atoms with Crippen LogP contribution in [0.3, 0.4) is 0 Å². The first kappa shape index (κ1) is 18.2. The van der Waals surface area contributed by atoms with Gasteiger partial charge in [0.05, 0.1) is 0 Å². The molecule has 0 radical (unpaired) electrons. The summed E-state index contributed by atoms with van der Waals surface area (Å²) in [5.74, 6) is 0.150. The van der Waals surface area contributed by atoms with Gasteiger partial charge in [-0.15, -0.1) is 0 Å². The van der Waals surface area contributed by atoms with E-state index in [2.05, 4.69) is 18.2 Å². The van der Waals surface area contributed by atoms with Crippen LogP contribution in [0.5, 0.6) is 0 Å². The Bertz CT molecular complexity index is 835. The highest BCUT2D eigenvalue weighted by molar-refractivity contribution is 5.96. The van der Waals surface area contributed by atoms with Crippen LogP contribution in [0.1, 0.15) is 26.3 Å². The molecule has 0 aliphatic carbocycles. The zero-order valence-corrected chi connectivity index (χ0v) is 15.7. The molecule has 1 aliphatic rings. The van der Waals surface area contributed by atoms with Gasteiger partial charge in [0.25, 0.3) is 0 Å². The van der Waals surface area contributed by atoms with Crippen molar-refractivity contribution in [2.24, 2.45) is 5.41 Å². The molecule has 26 heavy (non-hydrogen) atoms. The van der Waals surface area contributed by atoms with Gasteiger partial charge in [0, 0.05) is 37.7 Å². The van der Waals surface area contributed by atoms with Crippen molar-refractivity contribution in [3.05, 3.63) is 54.1 Å². The van der Waals surface area contributed by atoms with Crippen molar-refractivity contribution in [3.63, 3.8) is 0 Å². The van der Waals surface area contributed by atoms with Crippen LogP contribution in [0.25, 0.3) is 16.8 Å². The lowest BCUT2D eigenvalue weighted by atomic mass is 9.94. The Morgan fingerprint density at radius 1 is 0.885 bits per heavy atom. The van der Waals surface area contributed by atoms with E-state index in [0.717, 1.165) is 16.3 Å². The number of fused-ring (bicyclic) bond motifs is 1. The molecule has 0 spiro atoms. The smallest absolute Gasteiger partial charge is 0.246 e. The van der Waals surface area contributed by atoms with Gasteiger partial charge in [-0.1, -0.05) is 63.2 Å². The normalized spacial score (nSPS) is 15.7. The average Bonchev–Trinajstić information content (AvgIpc) is 2.65. The van der Waals surface area contributed by atoms with Crippen molar-refractivity contribution >= 4 is 28.7 Å². The van der Waals surface area contributed by atoms with Crippen LogP contribution < -0.4 is 0 Å². The number of rotatable bonds is 2. The highest BCUT2D eigenvalue weighted by atomic mass is 16.2. The maximum atomic E-state index is 12.5. The summed E-state index contributed by atoms with van der Waals surface area (Å²) in [6, 6.07) is 14.2. The van der Waals surface area contributed by atoms with Crippen molar-refractivity contribution in [1.29, 1.82) is 0 Å². The number of hydrogen-bond donors (Lipinski definition) is 0. The third-order valence-corrected chi connectivity index (χ3v) is 4.75. The molecule has 4 heteroatoms. The first-order chi connectivity index (χ1) is 12.4. The van der Waals surface area contributed by atoms with E-state index < -0.39 is 0 Å². The Hall–Kier alpha value is -2.62. The summed E-state index contributed by atoms with van der Waals surface area (Å²) >= 11 is 0. The van der Waals surface area contributed by atoms with E-state index >= 15 is 0 Å². The zero-order chi connectivity index (χ0) is 18.7. The predicted octanol–water partition coefficient (Wildman–Crippen LogP) is 3.57. The van der Waals surface area contributed by atoms with Crippen LogP contribution in [0.15, 0.2) is 48.5 Å². The third kappa shape index (κ3) is 3.96. The molecule has 0 N–H and O–H groups in total. The Balaban J connectivity index is 1.64. The Morgan fingerprint density at radius 3 is 2.19 bits per heavy atom. The fraction of sp³-hybridized carbons (Fsp3) is 0.364. The van der Waals surface area contributed by atoms with Crippen LogP contribution in [0, 0.1) is 5.41 Å². The molecule has 0 unspecified atom stereocenters. The monoisotopic (exact) mass is 350 g/mol. The van der Waals surface area contributed by atoms with Crippen molar-refractivity contribution in [3.8, 4) is 0 Å². The van der Waals surface area contributed by atoms with Gasteiger partial charge in [0.15, 0.2) is 0 Å². The van der Waals surface area contributed by atoms with Gasteiger partial charge in [-0.25, -0.2) is 0 Å². The fourth-order valence-corrected chi connectivity index (χ4v) is 3.27. The van der Waals surface area contributed by atoms with Crippen LogP contribution in [-0.2, 0) is 9.59 Å². The summed E-state index contributed by atoms with van der Waals surface area (Å²) in [5, 5.41) is 2.30. The molecule has 0 atom stereocenters. The van der Waals surface area contributed by atoms with Crippen LogP contribution in [-0.4, -0.2) is 47.8 Å². The lowest BCUT2D eigenvalue weighted by Crippen LogP contribution is -2.52. The van der Waals surface area contributed by atoms with Crippen LogP contribution in [0.2, 0.25) is 0 Å². The second-order valence-corrected chi connectivity index (χ2v) is 7.77. The summed E-state index contributed by atoms with van der Waals surface area (Å²) in [6.45, 7) is 8.16. The van der Waals surface area contributed by atoms with Crippen LogP contribution in [0.4, 0.5) is 0 Å². The molecule has 0 saturated carbocycles. The first-order valence-corrected chi connectivity index (χ1v) is 9.10. The summed E-state index contributed by atoms with van der Waals surface area (Å²) in [5.41, 5.74) is 0.665. The zero-order valence-electron chi connectivity index (χ0n) is 15.7. The largest absolute Gasteiger partial charge is 0.339 e. The van der Waals surface area contributed by atoms with Gasteiger partial charge in [0.2, 0.25) is 11.8 Å². The maximum absolute atomic E-state index is 12.5. The van der Waals surface area contributed by atoms with Crippen molar-refractivity contribution in [2.75, 3.05) is 26.2 Å². The van der Waals surface area contributed by atoms with E-state index in [1.165, 1.54) is 0 Å². The summed E-state index contributed by atoms with van der Waals surface area (Å²) in [4.78, 5) is 28.5. The number of nitrogens with zero attached hydrogens (tertiary/aromatic N) is 2. The molecule has 4 nitrogen and oxygen atoms in total. The first-order valence-electron chi connectivity index (χ1n) is 9.10. The average molecular weight is 350 g/mol. The molecule has 3 rings (SSSR count). The number of carbonyl (C=O) groups is 2. The minimum absolute atomic E-state index is 0.000733. The van der Waals surface area contributed by atoms with Crippen molar-refractivity contribution in [1.82, 2.24) is 9.80 Å². The second kappa shape index (κ2) is 7.32. The van der Waals surface area contributed by atoms with E-state index in [1.54, 1.807) is 6.08 Å². The minimum Gasteiger partial charge on any atom is -0.339 e. The molecule has 1 saturated heterocycles. The number of benzene rings is 2. The highest BCUT2D eigenvalue weighted by Gasteiger charge is 2.30. The lowest BCUT2D eigenvalue weighted by molar-refractivity contribution is -0.143. The van der Waals surface area contributed by atoms with E-state index in [1.807, 2.05) is 60.9 Å². The minimum atomic E-state index is -0.375. The molecule has 0 bridgehead atoms. The predicted molar refractivity (Wildman–Crippen MR) is 106 cm³/mol. The summed E-state index contributed by atoms with van der Waals surface area (Å²) in [7, 11) is 0. The van der Waals surface area contributed by atoms with Gasteiger partial charge in [0.1, 0.15) is 0 Å². The Kier molecular flexibility index (Phi) is 5.12. The summed E-state index contributed by atoms with van der Waals surface area (Å²) in [6.07, 6.45) is 3.53. The summed E-state index contributed by atoms with van der Waals surface area (Å²) < 4.78 is 0. The molecule has 2 amide bonds. The molecule has 2 aromatic carbocycles. The number of hydrogen-bond acceptors (Lipinski definition) is 2. The van der Waals surface area contributed by atoms with E-state index in [4.69, 9.17) is 0 Å². The Labute approximate surface area is 155 Å². The fourth-order valence-electron chi connectivity index (χ4n) is 3.27.